The lowest BCUT2D eigenvalue weighted by Crippen LogP contribution is -2.46. The van der Waals surface area contributed by atoms with Gasteiger partial charge in [0.2, 0.25) is 6.41 Å². The Labute approximate surface area is 293 Å². The number of alkyl halides is 3. The summed E-state index contributed by atoms with van der Waals surface area (Å²) in [5.74, 6) is 0.748. The molecule has 2 saturated heterocycles. The SMILES string of the molecule is COC(C)(C)C.O=CN1CCCN(Cc2ccc(-c3nc4ncc(Br)c(N5CCN(Cc6ccc(C(F)(F)F)nc6)CC5)c4[nH]3)cc2)CC1. The average molecular weight is 746 g/mol. The molecule has 1 aromatic carbocycles. The van der Waals surface area contributed by atoms with Gasteiger partial charge in [-0.15, -0.1) is 0 Å². The maximum absolute atomic E-state index is 12.8. The highest BCUT2D eigenvalue weighted by atomic mass is 79.9. The van der Waals surface area contributed by atoms with Gasteiger partial charge in [-0.3, -0.25) is 19.6 Å². The van der Waals surface area contributed by atoms with Crippen molar-refractivity contribution >= 4 is 39.2 Å². The number of ether oxygens (including phenoxy) is 1. The van der Waals surface area contributed by atoms with Crippen molar-refractivity contribution in [3.05, 3.63) is 70.1 Å². The minimum absolute atomic E-state index is 0.0417. The first-order chi connectivity index (χ1) is 23.3. The lowest BCUT2D eigenvalue weighted by molar-refractivity contribution is -0.141. The molecule has 2 aliphatic rings. The Morgan fingerprint density at radius 2 is 1.49 bits per heavy atom. The van der Waals surface area contributed by atoms with Gasteiger partial charge >= 0.3 is 6.18 Å². The van der Waals surface area contributed by atoms with Gasteiger partial charge in [-0.1, -0.05) is 30.3 Å². The van der Waals surface area contributed by atoms with Crippen molar-refractivity contribution in [3.8, 4) is 11.4 Å². The summed E-state index contributed by atoms with van der Waals surface area (Å²) in [6, 6.07) is 10.9. The molecule has 49 heavy (non-hydrogen) atoms. The number of imidazole rings is 1. The number of benzene rings is 1. The molecule has 6 rings (SSSR count). The summed E-state index contributed by atoms with van der Waals surface area (Å²) in [5, 5.41) is 0. The Morgan fingerprint density at radius 3 is 2.10 bits per heavy atom. The third-order valence-electron chi connectivity index (χ3n) is 8.68. The first-order valence-electron chi connectivity index (χ1n) is 16.4. The van der Waals surface area contributed by atoms with Crippen LogP contribution in [0.15, 0.2) is 53.3 Å². The number of pyridine rings is 2. The first kappa shape index (κ1) is 36.7. The van der Waals surface area contributed by atoms with E-state index in [1.165, 1.54) is 17.8 Å². The third kappa shape index (κ3) is 9.99. The highest BCUT2D eigenvalue weighted by molar-refractivity contribution is 9.10. The van der Waals surface area contributed by atoms with E-state index in [4.69, 9.17) is 9.72 Å². The normalized spacial score (nSPS) is 16.7. The van der Waals surface area contributed by atoms with Gasteiger partial charge in [0.05, 0.1) is 15.8 Å². The number of fused-ring (bicyclic) bond motifs is 1. The van der Waals surface area contributed by atoms with Crippen LogP contribution in [-0.2, 0) is 28.8 Å². The zero-order valence-corrected chi connectivity index (χ0v) is 30.0. The number of H-pyrrole nitrogens is 1. The molecule has 3 aromatic heterocycles. The van der Waals surface area contributed by atoms with Crippen LogP contribution >= 0.6 is 15.9 Å². The van der Waals surface area contributed by atoms with Crippen LogP contribution in [0, 0.1) is 0 Å². The maximum atomic E-state index is 12.8. The fourth-order valence-corrected chi connectivity index (χ4v) is 6.27. The highest BCUT2D eigenvalue weighted by Crippen LogP contribution is 2.35. The molecule has 1 amide bonds. The molecule has 0 atom stereocenters. The van der Waals surface area contributed by atoms with Gasteiger partial charge in [-0.2, -0.15) is 13.2 Å². The van der Waals surface area contributed by atoms with Gasteiger partial charge in [-0.25, -0.2) is 9.97 Å². The average Bonchev–Trinajstić information content (AvgIpc) is 3.38. The van der Waals surface area contributed by atoms with Crippen molar-refractivity contribution in [1.82, 2.24) is 34.6 Å². The standard InChI is InChI=1S/C30H32BrF3N8O.C5H12O/c31-24-17-36-29-26(27(24)42-14-12-40(13-15-42)19-22-4-7-25(35-16-22)30(32,33)34)37-28(38-29)23-5-2-21(3-6-23)18-39-8-1-9-41(20-43)11-10-39;1-5(2,3)6-4/h2-7,16-17,20H,1,8-15,18-19H2,(H,36,37,38);1-4H3. The number of carbonyl (C=O) groups is 1. The molecule has 1 N–H and O–H groups in total. The zero-order valence-electron chi connectivity index (χ0n) is 28.4. The van der Waals surface area contributed by atoms with Gasteiger partial charge in [0, 0.05) is 90.5 Å². The second-order valence-electron chi connectivity index (χ2n) is 13.3. The highest BCUT2D eigenvalue weighted by Gasteiger charge is 2.32. The minimum Gasteiger partial charge on any atom is -0.379 e. The monoisotopic (exact) mass is 744 g/mol. The van der Waals surface area contributed by atoms with Gasteiger partial charge in [-0.05, 0) is 60.3 Å². The van der Waals surface area contributed by atoms with Crippen LogP contribution in [-0.4, -0.2) is 106 Å². The summed E-state index contributed by atoms with van der Waals surface area (Å²) >= 11 is 3.69. The number of hydrogen-bond acceptors (Lipinski definition) is 8. The van der Waals surface area contributed by atoms with E-state index in [9.17, 15) is 18.0 Å². The molecular formula is C35H44BrF3N8O2. The molecular weight excluding hydrogens is 701 g/mol. The molecule has 0 aliphatic carbocycles. The van der Waals surface area contributed by atoms with E-state index in [0.717, 1.165) is 110 Å². The number of nitrogens with one attached hydrogen (secondary N) is 1. The van der Waals surface area contributed by atoms with E-state index in [0.29, 0.717) is 12.2 Å². The summed E-state index contributed by atoms with van der Waals surface area (Å²) in [5.41, 5.74) is 4.62. The largest absolute Gasteiger partial charge is 0.433 e. The predicted octanol–water partition coefficient (Wildman–Crippen LogP) is 6.22. The molecule has 14 heteroatoms. The number of carbonyl (C=O) groups excluding carboxylic acids is 1. The van der Waals surface area contributed by atoms with Crippen LogP contribution in [0.25, 0.3) is 22.6 Å². The smallest absolute Gasteiger partial charge is 0.379 e. The molecule has 0 unspecified atom stereocenters. The fraction of sp³-hybridized carbons (Fsp3) is 0.486. The molecule has 0 bridgehead atoms. The van der Waals surface area contributed by atoms with Crippen LogP contribution in [0.1, 0.15) is 44.0 Å². The number of nitrogens with zero attached hydrogens (tertiary/aromatic N) is 7. The van der Waals surface area contributed by atoms with E-state index in [1.807, 2.05) is 25.7 Å². The Kier molecular flexibility index (Phi) is 11.9. The number of halogens is 4. The Hall–Kier alpha value is -3.59. The van der Waals surface area contributed by atoms with Crippen LogP contribution in [0.2, 0.25) is 0 Å². The molecule has 2 aliphatic heterocycles. The number of aromatic amines is 1. The number of piperazine rings is 1. The van der Waals surface area contributed by atoms with E-state index < -0.39 is 11.9 Å². The number of amides is 1. The van der Waals surface area contributed by atoms with Gasteiger partial charge in [0.25, 0.3) is 0 Å². The molecule has 0 spiro atoms. The van der Waals surface area contributed by atoms with Crippen molar-refractivity contribution in [3.63, 3.8) is 0 Å². The van der Waals surface area contributed by atoms with E-state index >= 15 is 0 Å². The molecule has 0 saturated carbocycles. The summed E-state index contributed by atoms with van der Waals surface area (Å²) in [4.78, 5) is 36.3. The third-order valence-corrected chi connectivity index (χ3v) is 9.26. The van der Waals surface area contributed by atoms with Crippen molar-refractivity contribution in [2.24, 2.45) is 0 Å². The van der Waals surface area contributed by atoms with E-state index in [1.54, 1.807) is 13.3 Å². The molecule has 264 valence electrons. The second-order valence-corrected chi connectivity index (χ2v) is 14.2. The summed E-state index contributed by atoms with van der Waals surface area (Å²) in [6.45, 7) is 13.9. The quantitative estimate of drug-likeness (QED) is 0.223. The molecule has 5 heterocycles. The Morgan fingerprint density at radius 1 is 0.857 bits per heavy atom. The maximum Gasteiger partial charge on any atom is 0.433 e. The van der Waals surface area contributed by atoms with Crippen molar-refractivity contribution in [2.45, 2.75) is 52.1 Å². The number of hydrogen-bond donors (Lipinski definition) is 1. The minimum atomic E-state index is -4.43. The Bertz CT molecular complexity index is 1670. The van der Waals surface area contributed by atoms with Crippen molar-refractivity contribution in [2.75, 3.05) is 64.4 Å². The molecule has 10 nitrogen and oxygen atoms in total. The van der Waals surface area contributed by atoms with Crippen LogP contribution < -0.4 is 4.90 Å². The predicted molar refractivity (Wildman–Crippen MR) is 188 cm³/mol. The van der Waals surface area contributed by atoms with Crippen molar-refractivity contribution < 1.29 is 22.7 Å². The van der Waals surface area contributed by atoms with Crippen LogP contribution in [0.4, 0.5) is 18.9 Å². The van der Waals surface area contributed by atoms with Gasteiger partial charge in [0.1, 0.15) is 17.0 Å². The number of rotatable bonds is 7. The lowest BCUT2D eigenvalue weighted by atomic mass is 10.1. The van der Waals surface area contributed by atoms with Gasteiger partial charge in [0.15, 0.2) is 5.65 Å². The number of methoxy groups -OCH3 is 1. The first-order valence-corrected chi connectivity index (χ1v) is 17.2. The topological polar surface area (TPSA) is 93.7 Å². The molecule has 4 aromatic rings. The zero-order chi connectivity index (χ0) is 35.2. The summed E-state index contributed by atoms with van der Waals surface area (Å²) in [6.07, 6.45) is 0.576. The van der Waals surface area contributed by atoms with E-state index in [-0.39, 0.29) is 5.60 Å². The molecule has 2 fully saturated rings. The summed E-state index contributed by atoms with van der Waals surface area (Å²) < 4.78 is 44.3. The van der Waals surface area contributed by atoms with Gasteiger partial charge < -0.3 is 19.5 Å². The Balaban J connectivity index is 0.000000717. The van der Waals surface area contributed by atoms with Crippen LogP contribution in [0.3, 0.4) is 0 Å². The van der Waals surface area contributed by atoms with E-state index in [2.05, 4.69) is 69.8 Å². The molecule has 0 radical (unpaired) electrons. The fourth-order valence-electron chi connectivity index (χ4n) is 5.72. The summed E-state index contributed by atoms with van der Waals surface area (Å²) in [7, 11) is 1.71. The second kappa shape index (κ2) is 16.0. The number of anilines is 1. The number of aromatic nitrogens is 4. The van der Waals surface area contributed by atoms with Crippen LogP contribution in [0.5, 0.6) is 0 Å². The van der Waals surface area contributed by atoms with Crippen molar-refractivity contribution in [1.29, 1.82) is 0 Å². The lowest BCUT2D eigenvalue weighted by Gasteiger charge is -2.36.